The molecule has 0 amide bonds. The van der Waals surface area contributed by atoms with Gasteiger partial charge in [-0.3, -0.25) is 4.68 Å². The minimum absolute atomic E-state index is 0.0437. The van der Waals surface area contributed by atoms with Crippen molar-refractivity contribution in [2.45, 2.75) is 26.8 Å². The Balaban J connectivity index is 2.04. The van der Waals surface area contributed by atoms with Gasteiger partial charge in [0.1, 0.15) is 28.4 Å². The van der Waals surface area contributed by atoms with Crippen molar-refractivity contribution in [3.05, 3.63) is 35.3 Å². The second kappa shape index (κ2) is 6.58. The van der Waals surface area contributed by atoms with Gasteiger partial charge in [0.05, 0.1) is 26.0 Å². The molecule has 0 aliphatic rings. The van der Waals surface area contributed by atoms with Crippen LogP contribution in [0.1, 0.15) is 30.0 Å². The molecule has 25 heavy (non-hydrogen) atoms. The topological polar surface area (TPSA) is 74.1 Å². The summed E-state index contributed by atoms with van der Waals surface area (Å²) in [5.74, 6) is 3.03. The van der Waals surface area contributed by atoms with Gasteiger partial charge in [0, 0.05) is 12.6 Å². The zero-order chi connectivity index (χ0) is 18.1. The molecule has 0 bridgehead atoms. The molecule has 2 aromatic heterocycles. The molecule has 2 heterocycles. The van der Waals surface area contributed by atoms with Crippen molar-refractivity contribution < 1.29 is 9.47 Å². The summed E-state index contributed by atoms with van der Waals surface area (Å²) in [6, 6.07) is 5.71. The van der Waals surface area contributed by atoms with Crippen molar-refractivity contribution in [1.29, 1.82) is 0 Å². The van der Waals surface area contributed by atoms with Crippen LogP contribution in [0.5, 0.6) is 11.5 Å². The molecule has 0 saturated heterocycles. The van der Waals surface area contributed by atoms with Crippen LogP contribution in [0.3, 0.4) is 0 Å². The highest BCUT2D eigenvalue weighted by molar-refractivity contribution is 5.87. The summed E-state index contributed by atoms with van der Waals surface area (Å²) >= 11 is 0. The number of anilines is 1. The molecule has 1 N–H and O–H groups in total. The third-order valence-electron chi connectivity index (χ3n) is 4.22. The maximum Gasteiger partial charge on any atom is 0.156 e. The molecule has 132 valence electrons. The molecule has 0 fully saturated rings. The lowest BCUT2D eigenvalue weighted by Gasteiger charge is -2.19. The van der Waals surface area contributed by atoms with Crippen LogP contribution in [0.15, 0.2) is 18.2 Å². The number of hydrogen-bond donors (Lipinski definition) is 1. The SMILES string of the molecule is COc1ccc(OC)c([C@@H](C)Nc2nc(C)nc3c(C)nn(C)c23)c1. The molecule has 7 heteroatoms. The van der Waals surface area contributed by atoms with Crippen molar-refractivity contribution >= 4 is 16.9 Å². The van der Waals surface area contributed by atoms with Crippen molar-refractivity contribution in [2.24, 2.45) is 7.05 Å². The first-order valence-corrected chi connectivity index (χ1v) is 8.11. The number of nitrogens with one attached hydrogen (secondary N) is 1. The van der Waals surface area contributed by atoms with Gasteiger partial charge in [-0.15, -0.1) is 0 Å². The second-order valence-corrected chi connectivity index (χ2v) is 6.00. The van der Waals surface area contributed by atoms with E-state index in [9.17, 15) is 0 Å². The monoisotopic (exact) mass is 341 g/mol. The van der Waals surface area contributed by atoms with Gasteiger partial charge in [-0.25, -0.2) is 9.97 Å². The van der Waals surface area contributed by atoms with Crippen LogP contribution in [0.2, 0.25) is 0 Å². The first kappa shape index (κ1) is 17.0. The van der Waals surface area contributed by atoms with E-state index in [1.54, 1.807) is 14.2 Å². The maximum absolute atomic E-state index is 5.50. The van der Waals surface area contributed by atoms with E-state index in [1.807, 2.05) is 43.8 Å². The first-order valence-electron chi connectivity index (χ1n) is 8.11. The Morgan fingerprint density at radius 2 is 1.88 bits per heavy atom. The number of fused-ring (bicyclic) bond motifs is 1. The van der Waals surface area contributed by atoms with Crippen LogP contribution in [0, 0.1) is 13.8 Å². The molecule has 3 aromatic rings. The number of aromatic nitrogens is 4. The Hall–Kier alpha value is -2.83. The highest BCUT2D eigenvalue weighted by Gasteiger charge is 2.18. The number of ether oxygens (including phenoxy) is 2. The molecule has 0 unspecified atom stereocenters. The summed E-state index contributed by atoms with van der Waals surface area (Å²) in [4.78, 5) is 9.10. The molecule has 0 aliphatic heterocycles. The third-order valence-corrected chi connectivity index (χ3v) is 4.22. The molecule has 7 nitrogen and oxygen atoms in total. The summed E-state index contributed by atoms with van der Waals surface area (Å²) in [5.41, 5.74) is 3.63. The largest absolute Gasteiger partial charge is 0.497 e. The van der Waals surface area contributed by atoms with Crippen LogP contribution in [0.25, 0.3) is 11.0 Å². The van der Waals surface area contributed by atoms with Gasteiger partial charge in [-0.2, -0.15) is 5.10 Å². The van der Waals surface area contributed by atoms with Gasteiger partial charge in [0.25, 0.3) is 0 Å². The van der Waals surface area contributed by atoms with E-state index in [1.165, 1.54) is 0 Å². The van der Waals surface area contributed by atoms with E-state index in [4.69, 9.17) is 9.47 Å². The zero-order valence-electron chi connectivity index (χ0n) is 15.4. The number of methoxy groups -OCH3 is 2. The van der Waals surface area contributed by atoms with Crippen molar-refractivity contribution in [3.8, 4) is 11.5 Å². The van der Waals surface area contributed by atoms with Gasteiger partial charge >= 0.3 is 0 Å². The second-order valence-electron chi connectivity index (χ2n) is 6.00. The van der Waals surface area contributed by atoms with E-state index in [-0.39, 0.29) is 6.04 Å². The lowest BCUT2D eigenvalue weighted by molar-refractivity contribution is 0.397. The summed E-state index contributed by atoms with van der Waals surface area (Å²) < 4.78 is 12.6. The third kappa shape index (κ3) is 3.09. The van der Waals surface area contributed by atoms with Crippen LogP contribution < -0.4 is 14.8 Å². The number of benzene rings is 1. The quantitative estimate of drug-likeness (QED) is 0.768. The van der Waals surface area contributed by atoms with E-state index in [2.05, 4.69) is 27.3 Å². The van der Waals surface area contributed by atoms with E-state index >= 15 is 0 Å². The van der Waals surface area contributed by atoms with Crippen molar-refractivity contribution in [2.75, 3.05) is 19.5 Å². The van der Waals surface area contributed by atoms with E-state index in [0.717, 1.165) is 39.6 Å². The lowest BCUT2D eigenvalue weighted by Crippen LogP contribution is -2.12. The van der Waals surface area contributed by atoms with Crippen LogP contribution >= 0.6 is 0 Å². The standard InChI is InChI=1S/C18H23N5O2/c1-10(14-9-13(24-5)7-8-15(14)25-6)19-18-17-16(20-12(3)21-18)11(2)22-23(17)4/h7-10H,1-6H3,(H,19,20,21)/t10-/m1/s1. The minimum Gasteiger partial charge on any atom is -0.497 e. The Labute approximate surface area is 147 Å². The minimum atomic E-state index is -0.0437. The highest BCUT2D eigenvalue weighted by atomic mass is 16.5. The fourth-order valence-corrected chi connectivity index (χ4v) is 3.01. The molecular weight excluding hydrogens is 318 g/mol. The smallest absolute Gasteiger partial charge is 0.156 e. The van der Waals surface area contributed by atoms with Gasteiger partial charge in [-0.1, -0.05) is 0 Å². The number of rotatable bonds is 5. The number of nitrogens with zero attached hydrogens (tertiary/aromatic N) is 4. The van der Waals surface area contributed by atoms with Crippen molar-refractivity contribution in [3.63, 3.8) is 0 Å². The van der Waals surface area contributed by atoms with Crippen LogP contribution in [-0.2, 0) is 7.05 Å². The Kier molecular flexibility index (Phi) is 4.48. The first-order chi connectivity index (χ1) is 11.9. The van der Waals surface area contributed by atoms with E-state index in [0.29, 0.717) is 5.82 Å². The molecule has 0 radical (unpaired) electrons. The highest BCUT2D eigenvalue weighted by Crippen LogP contribution is 2.32. The number of hydrogen-bond acceptors (Lipinski definition) is 6. The van der Waals surface area contributed by atoms with Gasteiger partial charge in [0.15, 0.2) is 5.82 Å². The van der Waals surface area contributed by atoms with Gasteiger partial charge in [-0.05, 0) is 39.0 Å². The van der Waals surface area contributed by atoms with Crippen LogP contribution in [0.4, 0.5) is 5.82 Å². The number of aryl methyl sites for hydroxylation is 3. The fraction of sp³-hybridized carbons (Fsp3) is 0.389. The van der Waals surface area contributed by atoms with Crippen LogP contribution in [-0.4, -0.2) is 34.0 Å². The zero-order valence-corrected chi connectivity index (χ0v) is 15.4. The van der Waals surface area contributed by atoms with Gasteiger partial charge < -0.3 is 14.8 Å². The Morgan fingerprint density at radius 3 is 2.56 bits per heavy atom. The average molecular weight is 341 g/mol. The average Bonchev–Trinajstić information content (AvgIpc) is 2.88. The summed E-state index contributed by atoms with van der Waals surface area (Å²) in [6.45, 7) is 5.89. The lowest BCUT2D eigenvalue weighted by atomic mass is 10.1. The molecular formula is C18H23N5O2. The Morgan fingerprint density at radius 1 is 1.12 bits per heavy atom. The predicted octanol–water partition coefficient (Wildman–Crippen LogP) is 3.17. The molecule has 0 spiro atoms. The normalized spacial score (nSPS) is 12.2. The summed E-state index contributed by atoms with van der Waals surface area (Å²) in [5, 5.41) is 7.94. The molecule has 1 atom stereocenters. The maximum atomic E-state index is 5.50. The molecule has 0 saturated carbocycles. The van der Waals surface area contributed by atoms with Gasteiger partial charge in [0.2, 0.25) is 0 Å². The predicted molar refractivity (Wildman–Crippen MR) is 97.4 cm³/mol. The fourth-order valence-electron chi connectivity index (χ4n) is 3.01. The molecule has 0 aliphatic carbocycles. The molecule has 3 rings (SSSR count). The summed E-state index contributed by atoms with van der Waals surface area (Å²) in [6.07, 6.45) is 0. The Bertz CT molecular complexity index is 919. The van der Waals surface area contributed by atoms with E-state index < -0.39 is 0 Å². The van der Waals surface area contributed by atoms with Crippen molar-refractivity contribution in [1.82, 2.24) is 19.7 Å². The summed E-state index contributed by atoms with van der Waals surface area (Å²) in [7, 11) is 5.21. The molecule has 1 aromatic carbocycles.